The molecule has 1 atom stereocenters. The highest BCUT2D eigenvalue weighted by atomic mass is 32.2. The number of fused-ring (bicyclic) bond motifs is 1. The fraction of sp³-hybridized carbons (Fsp3) is 0.571. The number of anilines is 1. The van der Waals surface area contributed by atoms with Crippen LogP contribution in [0.2, 0.25) is 0 Å². The average Bonchev–Trinajstić information content (AvgIpc) is 2.78. The first kappa shape index (κ1) is 13.9. The molecule has 1 aromatic carbocycles. The third-order valence-corrected chi connectivity index (χ3v) is 6.00. The second-order valence-corrected chi connectivity index (χ2v) is 7.71. The van der Waals surface area contributed by atoms with Gasteiger partial charge in [-0.2, -0.15) is 4.31 Å². The Hall–Kier alpha value is -1.11. The van der Waals surface area contributed by atoms with Crippen LogP contribution in [0.25, 0.3) is 0 Å². The molecule has 1 N–H and O–H groups in total. The number of nitrogens with one attached hydrogen (secondary N) is 1. The zero-order valence-electron chi connectivity index (χ0n) is 12.0. The minimum atomic E-state index is -3.35. The second-order valence-electron chi connectivity index (χ2n) is 5.78. The maximum absolute atomic E-state index is 12.7. The van der Waals surface area contributed by atoms with Gasteiger partial charge in [0.15, 0.2) is 0 Å². The lowest BCUT2D eigenvalue weighted by atomic mass is 10.1. The van der Waals surface area contributed by atoms with Crippen LogP contribution in [0, 0.1) is 0 Å². The number of nitrogens with zero attached hydrogens (tertiary/aromatic N) is 2. The Labute approximate surface area is 120 Å². The maximum Gasteiger partial charge on any atom is 0.243 e. The van der Waals surface area contributed by atoms with Crippen LogP contribution >= 0.6 is 0 Å². The van der Waals surface area contributed by atoms with Gasteiger partial charge in [-0.15, -0.1) is 0 Å². The number of hydrogen-bond donors (Lipinski definition) is 1. The first-order chi connectivity index (χ1) is 9.46. The van der Waals surface area contributed by atoms with Crippen molar-refractivity contribution in [2.24, 2.45) is 0 Å². The Morgan fingerprint density at radius 2 is 1.90 bits per heavy atom. The molecule has 1 fully saturated rings. The number of sulfonamides is 1. The largest absolute Gasteiger partial charge is 0.382 e. The molecule has 0 spiro atoms. The fourth-order valence-electron chi connectivity index (χ4n) is 2.86. The van der Waals surface area contributed by atoms with E-state index in [1.807, 2.05) is 19.2 Å². The summed E-state index contributed by atoms with van der Waals surface area (Å²) in [5, 5.41) is 3.35. The molecule has 2 aliphatic heterocycles. The van der Waals surface area contributed by atoms with E-state index >= 15 is 0 Å². The van der Waals surface area contributed by atoms with Crippen molar-refractivity contribution < 1.29 is 8.42 Å². The fourth-order valence-corrected chi connectivity index (χ4v) is 4.34. The molecular formula is C14H21N3O2S. The molecule has 20 heavy (non-hydrogen) atoms. The zero-order valence-corrected chi connectivity index (χ0v) is 12.8. The molecule has 2 heterocycles. The van der Waals surface area contributed by atoms with Gasteiger partial charge in [0.25, 0.3) is 0 Å². The van der Waals surface area contributed by atoms with Crippen LogP contribution in [0.3, 0.4) is 0 Å². The lowest BCUT2D eigenvalue weighted by Gasteiger charge is -2.31. The Balaban J connectivity index is 1.87. The molecule has 0 unspecified atom stereocenters. The van der Waals surface area contributed by atoms with E-state index in [1.165, 1.54) is 0 Å². The predicted molar refractivity (Wildman–Crippen MR) is 79.5 cm³/mol. The average molecular weight is 295 g/mol. The van der Waals surface area contributed by atoms with E-state index in [9.17, 15) is 8.42 Å². The standard InChI is InChI=1S/C14H21N3O2S/c1-11-9-12-10-13(3-4-14(12)15-11)20(18,19)17-7-5-16(2)6-8-17/h3-4,10-11,15H,5-9H2,1-2H3/t11-/m0/s1. The molecule has 0 radical (unpaired) electrons. The number of benzene rings is 1. The highest BCUT2D eigenvalue weighted by Gasteiger charge is 2.28. The van der Waals surface area contributed by atoms with Gasteiger partial charge in [-0.1, -0.05) is 0 Å². The first-order valence-electron chi connectivity index (χ1n) is 7.05. The Kier molecular flexibility index (Phi) is 3.48. The molecule has 0 saturated carbocycles. The van der Waals surface area contributed by atoms with Gasteiger partial charge in [0.2, 0.25) is 10.0 Å². The minimum absolute atomic E-state index is 0.381. The van der Waals surface area contributed by atoms with E-state index in [4.69, 9.17) is 0 Å². The van der Waals surface area contributed by atoms with E-state index in [1.54, 1.807) is 10.4 Å². The molecule has 6 heteroatoms. The van der Waals surface area contributed by atoms with Crippen LogP contribution in [0.4, 0.5) is 5.69 Å². The van der Waals surface area contributed by atoms with Gasteiger partial charge in [-0.25, -0.2) is 8.42 Å². The predicted octanol–water partition coefficient (Wildman–Crippen LogP) is 0.979. The summed E-state index contributed by atoms with van der Waals surface area (Å²) >= 11 is 0. The highest BCUT2D eigenvalue weighted by Crippen LogP contribution is 2.29. The number of likely N-dealkylation sites (N-methyl/N-ethyl adjacent to an activating group) is 1. The second kappa shape index (κ2) is 5.02. The maximum atomic E-state index is 12.7. The Morgan fingerprint density at radius 3 is 2.60 bits per heavy atom. The highest BCUT2D eigenvalue weighted by molar-refractivity contribution is 7.89. The van der Waals surface area contributed by atoms with Crippen molar-refractivity contribution in [3.05, 3.63) is 23.8 Å². The molecule has 3 rings (SSSR count). The van der Waals surface area contributed by atoms with Crippen molar-refractivity contribution >= 4 is 15.7 Å². The van der Waals surface area contributed by atoms with E-state index in [0.717, 1.165) is 30.8 Å². The van der Waals surface area contributed by atoms with Crippen LogP contribution in [0.15, 0.2) is 23.1 Å². The third-order valence-electron chi connectivity index (χ3n) is 4.10. The quantitative estimate of drug-likeness (QED) is 0.884. The number of piperazine rings is 1. The third kappa shape index (κ3) is 2.43. The summed E-state index contributed by atoms with van der Waals surface area (Å²) < 4.78 is 26.9. The van der Waals surface area contributed by atoms with E-state index in [0.29, 0.717) is 24.0 Å². The molecule has 0 aliphatic carbocycles. The number of hydrogen-bond acceptors (Lipinski definition) is 4. The van der Waals surface area contributed by atoms with Crippen LogP contribution in [-0.4, -0.2) is 56.9 Å². The van der Waals surface area contributed by atoms with Crippen molar-refractivity contribution in [3.8, 4) is 0 Å². The number of rotatable bonds is 2. The summed E-state index contributed by atoms with van der Waals surface area (Å²) in [6.45, 7) is 4.84. The Morgan fingerprint density at radius 1 is 1.20 bits per heavy atom. The molecule has 1 saturated heterocycles. The smallest absolute Gasteiger partial charge is 0.243 e. The van der Waals surface area contributed by atoms with E-state index in [-0.39, 0.29) is 0 Å². The first-order valence-corrected chi connectivity index (χ1v) is 8.49. The summed E-state index contributed by atoms with van der Waals surface area (Å²) in [4.78, 5) is 2.58. The van der Waals surface area contributed by atoms with E-state index in [2.05, 4.69) is 17.1 Å². The van der Waals surface area contributed by atoms with Crippen LogP contribution in [0.5, 0.6) is 0 Å². The van der Waals surface area contributed by atoms with Gasteiger partial charge in [-0.3, -0.25) is 0 Å². The molecule has 0 amide bonds. The SMILES string of the molecule is C[C@H]1Cc2cc(S(=O)(=O)N3CCN(C)CC3)ccc2N1. The summed E-state index contributed by atoms with van der Waals surface area (Å²) in [6, 6.07) is 5.82. The van der Waals surface area contributed by atoms with Crippen LogP contribution < -0.4 is 5.32 Å². The molecule has 110 valence electrons. The summed E-state index contributed by atoms with van der Waals surface area (Å²) in [6.07, 6.45) is 0.890. The zero-order chi connectivity index (χ0) is 14.3. The van der Waals surface area contributed by atoms with Crippen molar-refractivity contribution in [3.63, 3.8) is 0 Å². The molecule has 1 aromatic rings. The van der Waals surface area contributed by atoms with Crippen molar-refractivity contribution in [2.45, 2.75) is 24.3 Å². The van der Waals surface area contributed by atoms with Crippen molar-refractivity contribution in [1.29, 1.82) is 0 Å². The van der Waals surface area contributed by atoms with Crippen molar-refractivity contribution in [2.75, 3.05) is 38.5 Å². The summed E-state index contributed by atoms with van der Waals surface area (Å²) in [7, 11) is -1.33. The summed E-state index contributed by atoms with van der Waals surface area (Å²) in [5.74, 6) is 0. The molecule has 2 aliphatic rings. The molecular weight excluding hydrogens is 274 g/mol. The van der Waals surface area contributed by atoms with Crippen molar-refractivity contribution in [1.82, 2.24) is 9.21 Å². The van der Waals surface area contributed by atoms with Gasteiger partial charge in [0, 0.05) is 37.9 Å². The molecule has 0 aromatic heterocycles. The molecule has 0 bridgehead atoms. The summed E-state index contributed by atoms with van der Waals surface area (Å²) in [5.41, 5.74) is 2.17. The normalized spacial score (nSPS) is 24.4. The lowest BCUT2D eigenvalue weighted by molar-refractivity contribution is 0.222. The topological polar surface area (TPSA) is 52.7 Å². The van der Waals surface area contributed by atoms with Gasteiger partial charge < -0.3 is 10.2 Å². The monoisotopic (exact) mass is 295 g/mol. The van der Waals surface area contributed by atoms with Gasteiger partial charge in [0.1, 0.15) is 0 Å². The molecule has 5 nitrogen and oxygen atoms in total. The Bertz CT molecular complexity index is 607. The van der Waals surface area contributed by atoms with E-state index < -0.39 is 10.0 Å². The van der Waals surface area contributed by atoms with Crippen LogP contribution in [0.1, 0.15) is 12.5 Å². The van der Waals surface area contributed by atoms with Crippen LogP contribution in [-0.2, 0) is 16.4 Å². The lowest BCUT2D eigenvalue weighted by Crippen LogP contribution is -2.47. The minimum Gasteiger partial charge on any atom is -0.382 e. The van der Waals surface area contributed by atoms with Gasteiger partial charge in [-0.05, 0) is 44.2 Å². The van der Waals surface area contributed by atoms with Gasteiger partial charge in [0.05, 0.1) is 4.90 Å². The van der Waals surface area contributed by atoms with Gasteiger partial charge >= 0.3 is 0 Å².